The van der Waals surface area contributed by atoms with Gasteiger partial charge in [0.2, 0.25) is 0 Å². The van der Waals surface area contributed by atoms with E-state index in [-0.39, 0.29) is 0 Å². The van der Waals surface area contributed by atoms with Crippen molar-refractivity contribution in [1.29, 1.82) is 0 Å². The molecular weight excluding hydrogens is 616 g/mol. The van der Waals surface area contributed by atoms with E-state index in [1.807, 2.05) is 42.6 Å². The lowest BCUT2D eigenvalue weighted by Gasteiger charge is -2.54. The molecule has 0 atom stereocenters. The maximum absolute atomic E-state index is 5.11. The molecule has 220 valence electrons. The third-order valence-corrected chi connectivity index (χ3v) is 11.1. The van der Waals surface area contributed by atoms with E-state index in [0.29, 0.717) is 5.92 Å². The molecule has 0 unspecified atom stereocenters. The zero-order valence-electron chi connectivity index (χ0n) is 25.0. The molecule has 0 spiro atoms. The molecule has 4 aliphatic rings. The van der Waals surface area contributed by atoms with Gasteiger partial charge in [0.05, 0.1) is 39.7 Å². The van der Waals surface area contributed by atoms with Gasteiger partial charge in [0, 0.05) is 22.2 Å². The fourth-order valence-electron chi connectivity index (χ4n) is 8.74. The Balaban J connectivity index is 0.000000126. The van der Waals surface area contributed by atoms with Gasteiger partial charge in [-0.3, -0.25) is 9.97 Å². The summed E-state index contributed by atoms with van der Waals surface area (Å²) in [5.41, 5.74) is 7.18. The summed E-state index contributed by atoms with van der Waals surface area (Å²) in [5, 5.41) is 4.89. The molecular formula is C40H33BrN4. The number of halogens is 1. The monoisotopic (exact) mass is 648 g/mol. The van der Waals surface area contributed by atoms with Crippen molar-refractivity contribution in [3.63, 3.8) is 0 Å². The Labute approximate surface area is 271 Å². The van der Waals surface area contributed by atoms with Gasteiger partial charge in [-0.1, -0.05) is 76.6 Å². The zero-order chi connectivity index (χ0) is 29.9. The predicted molar refractivity (Wildman–Crippen MR) is 187 cm³/mol. The van der Waals surface area contributed by atoms with E-state index in [0.717, 1.165) is 61.5 Å². The van der Waals surface area contributed by atoms with E-state index in [2.05, 4.69) is 87.8 Å². The summed E-state index contributed by atoms with van der Waals surface area (Å²) in [5.74, 6) is 4.44. The maximum atomic E-state index is 5.11. The molecule has 4 fully saturated rings. The van der Waals surface area contributed by atoms with E-state index < -0.39 is 0 Å². The highest BCUT2D eigenvalue weighted by molar-refractivity contribution is 9.10. The molecule has 0 N–H and O–H groups in total. The van der Waals surface area contributed by atoms with Crippen LogP contribution in [-0.4, -0.2) is 19.9 Å². The first kappa shape index (κ1) is 27.1. The second-order valence-electron chi connectivity index (χ2n) is 13.4. The molecule has 0 radical (unpaired) electrons. The lowest BCUT2D eigenvalue weighted by Crippen LogP contribution is -2.44. The number of nitrogens with zero attached hydrogens (tertiary/aromatic N) is 4. The third-order valence-electron chi connectivity index (χ3n) is 10.5. The van der Waals surface area contributed by atoms with Crippen molar-refractivity contribution in [1.82, 2.24) is 19.9 Å². The molecule has 0 amide bonds. The minimum atomic E-state index is 0.668. The molecule has 11 rings (SSSR count). The Morgan fingerprint density at radius 1 is 0.511 bits per heavy atom. The Bertz CT molecular complexity index is 2180. The van der Waals surface area contributed by atoms with Gasteiger partial charge in [0.25, 0.3) is 0 Å². The van der Waals surface area contributed by atoms with Crippen molar-refractivity contribution in [3.05, 3.63) is 120 Å². The van der Waals surface area contributed by atoms with Crippen LogP contribution < -0.4 is 0 Å². The number of hydrogen-bond donors (Lipinski definition) is 0. The number of benzene rings is 5. The normalized spacial score (nSPS) is 23.4. The van der Waals surface area contributed by atoms with Crippen LogP contribution in [0.25, 0.3) is 54.9 Å². The van der Waals surface area contributed by atoms with Crippen LogP contribution in [0.5, 0.6) is 0 Å². The van der Waals surface area contributed by atoms with Crippen molar-refractivity contribution >= 4 is 59.5 Å². The van der Waals surface area contributed by atoms with E-state index in [9.17, 15) is 0 Å². The van der Waals surface area contributed by atoms with Crippen LogP contribution in [0.1, 0.15) is 43.7 Å². The van der Waals surface area contributed by atoms with Crippen molar-refractivity contribution in [2.75, 3.05) is 0 Å². The summed E-state index contributed by atoms with van der Waals surface area (Å²) in [6, 6.07) is 33.5. The molecule has 4 saturated carbocycles. The molecule has 2 heterocycles. The van der Waals surface area contributed by atoms with Gasteiger partial charge in [-0.15, -0.1) is 0 Å². The molecule has 2 aromatic heterocycles. The Morgan fingerprint density at radius 2 is 1.00 bits per heavy atom. The number of hydrogen-bond acceptors (Lipinski definition) is 4. The smallest absolute Gasteiger partial charge is 0.0900 e. The first-order valence-electron chi connectivity index (χ1n) is 16.2. The van der Waals surface area contributed by atoms with Crippen LogP contribution in [-0.2, 0) is 0 Å². The van der Waals surface area contributed by atoms with Gasteiger partial charge in [0.15, 0.2) is 0 Å². The van der Waals surface area contributed by atoms with Gasteiger partial charge in [0.1, 0.15) is 0 Å². The number of rotatable bonds is 2. The van der Waals surface area contributed by atoms with Gasteiger partial charge in [-0.2, -0.15) is 0 Å². The second-order valence-corrected chi connectivity index (χ2v) is 14.3. The summed E-state index contributed by atoms with van der Waals surface area (Å²) in [4.78, 5) is 19.2. The van der Waals surface area contributed by atoms with E-state index in [4.69, 9.17) is 15.0 Å². The quantitative estimate of drug-likeness (QED) is 0.175. The molecule has 7 aromatic rings. The van der Waals surface area contributed by atoms with Crippen LogP contribution >= 0.6 is 15.9 Å². The maximum Gasteiger partial charge on any atom is 0.0900 e. The SMILES string of the molecule is Brc1ccc(-c2cnc3cc4ccccc4cc3n2)cc1.c1ccc2cc3nc(C4C5CC6CC(C5)CC4C6)cnc3cc2c1. The molecule has 5 aromatic carbocycles. The van der Waals surface area contributed by atoms with Crippen molar-refractivity contribution in [3.8, 4) is 11.3 Å². The first-order chi connectivity index (χ1) is 22.1. The van der Waals surface area contributed by atoms with Crippen LogP contribution in [0.3, 0.4) is 0 Å². The zero-order valence-corrected chi connectivity index (χ0v) is 26.6. The standard InChI is InChI=1S/C22H22N2.C18H11BrN2/c1-2-4-16-11-20-19(10-15(16)3-1)23-12-21(24-20)22-17-6-13-5-14(8-17)9-18(22)7-13;19-15-7-5-12(6-8-15)18-11-20-16-9-13-3-1-2-4-14(13)10-17(16)21-18/h1-4,10-14,17-18,22H,5-9H2;1-11H. The van der Waals surface area contributed by atoms with Gasteiger partial charge in [-0.05, 0) is 114 Å². The molecule has 4 nitrogen and oxygen atoms in total. The van der Waals surface area contributed by atoms with Crippen LogP contribution in [0.2, 0.25) is 0 Å². The second kappa shape index (κ2) is 11.0. The van der Waals surface area contributed by atoms with Crippen molar-refractivity contribution in [2.45, 2.75) is 38.0 Å². The lowest BCUT2D eigenvalue weighted by atomic mass is 9.51. The first-order valence-corrected chi connectivity index (χ1v) is 17.0. The molecule has 4 aliphatic carbocycles. The Hall–Kier alpha value is -4.22. The van der Waals surface area contributed by atoms with Gasteiger partial charge in [-0.25, -0.2) is 9.97 Å². The summed E-state index contributed by atoms with van der Waals surface area (Å²) < 4.78 is 1.06. The molecule has 4 bridgehead atoms. The summed E-state index contributed by atoms with van der Waals surface area (Å²) in [7, 11) is 0. The van der Waals surface area contributed by atoms with E-state index in [1.54, 1.807) is 0 Å². The molecule has 0 saturated heterocycles. The van der Waals surface area contributed by atoms with Gasteiger partial charge >= 0.3 is 0 Å². The highest BCUT2D eigenvalue weighted by Crippen LogP contribution is 2.59. The van der Waals surface area contributed by atoms with E-state index in [1.165, 1.54) is 59.3 Å². The predicted octanol–water partition coefficient (Wildman–Crippen LogP) is 10.5. The molecule has 0 aliphatic heterocycles. The lowest BCUT2D eigenvalue weighted by molar-refractivity contribution is -0.00416. The minimum absolute atomic E-state index is 0.668. The fraction of sp³-hybridized carbons (Fsp3) is 0.250. The number of aromatic nitrogens is 4. The largest absolute Gasteiger partial charge is 0.253 e. The van der Waals surface area contributed by atoms with Crippen LogP contribution in [0.15, 0.2) is 114 Å². The summed E-state index contributed by atoms with van der Waals surface area (Å²) in [6.07, 6.45) is 11.2. The van der Waals surface area contributed by atoms with E-state index >= 15 is 0 Å². The minimum Gasteiger partial charge on any atom is -0.253 e. The van der Waals surface area contributed by atoms with Crippen molar-refractivity contribution in [2.24, 2.45) is 23.7 Å². The highest BCUT2D eigenvalue weighted by atomic mass is 79.9. The Kier molecular flexibility index (Phi) is 6.62. The van der Waals surface area contributed by atoms with Crippen LogP contribution in [0, 0.1) is 23.7 Å². The number of fused-ring (bicyclic) bond motifs is 4. The highest BCUT2D eigenvalue weighted by Gasteiger charge is 2.49. The average molecular weight is 650 g/mol. The molecule has 45 heavy (non-hydrogen) atoms. The third kappa shape index (κ3) is 5.07. The summed E-state index contributed by atoms with van der Waals surface area (Å²) in [6.45, 7) is 0. The molecule has 5 heteroatoms. The fourth-order valence-corrected chi connectivity index (χ4v) is 9.00. The average Bonchev–Trinajstić information content (AvgIpc) is 3.06. The van der Waals surface area contributed by atoms with Crippen molar-refractivity contribution < 1.29 is 0 Å². The van der Waals surface area contributed by atoms with Gasteiger partial charge < -0.3 is 0 Å². The van der Waals surface area contributed by atoms with Crippen LogP contribution in [0.4, 0.5) is 0 Å². The Morgan fingerprint density at radius 3 is 1.56 bits per heavy atom. The topological polar surface area (TPSA) is 51.6 Å². The summed E-state index contributed by atoms with van der Waals surface area (Å²) >= 11 is 3.45.